The molecule has 144 valence electrons. The first-order chi connectivity index (χ1) is 13.3. The van der Waals surface area contributed by atoms with Crippen LogP contribution in [0.2, 0.25) is 0 Å². The Hall–Kier alpha value is -2.65. The average molecular weight is 510 g/mol. The first-order valence-electron chi connectivity index (χ1n) is 8.14. The summed E-state index contributed by atoms with van der Waals surface area (Å²) in [6, 6.07) is 8.74. The molecule has 2 aromatic carbocycles. The highest BCUT2D eigenvalue weighted by molar-refractivity contribution is 9.10. The number of barbiturate groups is 1. The molecular weight excluding hydrogens is 496 g/mol. The van der Waals surface area contributed by atoms with Gasteiger partial charge in [-0.05, 0) is 49.4 Å². The van der Waals surface area contributed by atoms with Crippen molar-refractivity contribution in [2.24, 2.45) is 0 Å². The summed E-state index contributed by atoms with van der Waals surface area (Å²) in [5, 5.41) is 12.5. The van der Waals surface area contributed by atoms with Crippen LogP contribution in [0.5, 0.6) is 11.5 Å². The van der Waals surface area contributed by atoms with E-state index in [-0.39, 0.29) is 22.6 Å². The SMILES string of the molecule is CCOc1cc(Br)cc(/C=C2\C(=O)NC(=O)N(c3ccc(Br)cc3)C2=O)c1O. The Balaban J connectivity index is 2.06. The number of phenolic OH excluding ortho intramolecular Hbond substituents is 1. The van der Waals surface area contributed by atoms with Crippen molar-refractivity contribution in [3.63, 3.8) is 0 Å². The van der Waals surface area contributed by atoms with Crippen LogP contribution in [0, 0.1) is 0 Å². The van der Waals surface area contributed by atoms with Crippen molar-refractivity contribution in [3.05, 3.63) is 56.5 Å². The average Bonchev–Trinajstić information content (AvgIpc) is 2.63. The third-order valence-corrected chi connectivity index (χ3v) is 4.84. The van der Waals surface area contributed by atoms with Crippen molar-refractivity contribution >= 4 is 61.5 Å². The fraction of sp³-hybridized carbons (Fsp3) is 0.105. The number of hydrogen-bond donors (Lipinski definition) is 2. The molecular formula is C19H14Br2N2O5. The molecule has 1 fully saturated rings. The summed E-state index contributed by atoms with van der Waals surface area (Å²) in [6.45, 7) is 2.09. The minimum atomic E-state index is -0.847. The molecule has 0 radical (unpaired) electrons. The molecule has 2 N–H and O–H groups in total. The predicted molar refractivity (Wildman–Crippen MR) is 110 cm³/mol. The van der Waals surface area contributed by atoms with E-state index in [0.717, 1.165) is 9.37 Å². The molecule has 0 bridgehead atoms. The number of aromatic hydroxyl groups is 1. The lowest BCUT2D eigenvalue weighted by Gasteiger charge is -2.26. The maximum absolute atomic E-state index is 12.9. The summed E-state index contributed by atoms with van der Waals surface area (Å²) in [5.74, 6) is -1.66. The molecule has 2 aromatic rings. The molecule has 9 heteroatoms. The van der Waals surface area contributed by atoms with Gasteiger partial charge in [0, 0.05) is 14.5 Å². The molecule has 0 saturated carbocycles. The Kier molecular flexibility index (Phi) is 5.85. The summed E-state index contributed by atoms with van der Waals surface area (Å²) in [7, 11) is 0. The molecule has 0 spiro atoms. The number of nitrogens with one attached hydrogen (secondary N) is 1. The van der Waals surface area contributed by atoms with E-state index >= 15 is 0 Å². The Labute approximate surface area is 177 Å². The molecule has 1 aliphatic rings. The first-order valence-corrected chi connectivity index (χ1v) is 9.72. The van der Waals surface area contributed by atoms with Gasteiger partial charge in [-0.25, -0.2) is 9.69 Å². The predicted octanol–water partition coefficient (Wildman–Crippen LogP) is 3.98. The molecule has 0 atom stereocenters. The van der Waals surface area contributed by atoms with Crippen molar-refractivity contribution < 1.29 is 24.2 Å². The second kappa shape index (κ2) is 8.15. The normalized spacial score (nSPS) is 15.8. The van der Waals surface area contributed by atoms with Gasteiger partial charge in [-0.2, -0.15) is 0 Å². The van der Waals surface area contributed by atoms with Crippen LogP contribution in [0.1, 0.15) is 12.5 Å². The first kappa shape index (κ1) is 20.1. The van der Waals surface area contributed by atoms with E-state index in [2.05, 4.69) is 37.2 Å². The van der Waals surface area contributed by atoms with Gasteiger partial charge in [0.15, 0.2) is 11.5 Å². The zero-order chi connectivity index (χ0) is 20.4. The highest BCUT2D eigenvalue weighted by Crippen LogP contribution is 2.36. The van der Waals surface area contributed by atoms with Gasteiger partial charge >= 0.3 is 6.03 Å². The maximum Gasteiger partial charge on any atom is 0.335 e. The van der Waals surface area contributed by atoms with Crippen molar-refractivity contribution in [2.45, 2.75) is 6.92 Å². The molecule has 1 aliphatic heterocycles. The van der Waals surface area contributed by atoms with Gasteiger partial charge in [-0.3, -0.25) is 14.9 Å². The lowest BCUT2D eigenvalue weighted by atomic mass is 10.1. The topological polar surface area (TPSA) is 95.9 Å². The number of hydrogen-bond acceptors (Lipinski definition) is 5. The van der Waals surface area contributed by atoms with E-state index < -0.39 is 17.8 Å². The van der Waals surface area contributed by atoms with Crippen LogP contribution in [-0.2, 0) is 9.59 Å². The van der Waals surface area contributed by atoms with Crippen molar-refractivity contribution in [3.8, 4) is 11.5 Å². The summed E-state index contributed by atoms with van der Waals surface area (Å²) in [5.41, 5.74) is 0.206. The van der Waals surface area contributed by atoms with E-state index in [9.17, 15) is 19.5 Å². The number of ether oxygens (including phenoxy) is 1. The fourth-order valence-corrected chi connectivity index (χ4v) is 3.33. The smallest absolute Gasteiger partial charge is 0.335 e. The van der Waals surface area contributed by atoms with Gasteiger partial charge in [-0.1, -0.05) is 31.9 Å². The highest BCUT2D eigenvalue weighted by Gasteiger charge is 2.37. The lowest BCUT2D eigenvalue weighted by Crippen LogP contribution is -2.54. The van der Waals surface area contributed by atoms with E-state index in [4.69, 9.17) is 4.74 Å². The van der Waals surface area contributed by atoms with Gasteiger partial charge in [0.05, 0.1) is 12.3 Å². The van der Waals surface area contributed by atoms with Crippen molar-refractivity contribution in [1.29, 1.82) is 0 Å². The largest absolute Gasteiger partial charge is 0.504 e. The van der Waals surface area contributed by atoms with Gasteiger partial charge < -0.3 is 9.84 Å². The third-order valence-electron chi connectivity index (χ3n) is 3.86. The number of benzene rings is 2. The number of urea groups is 1. The molecule has 28 heavy (non-hydrogen) atoms. The standard InChI is InChI=1S/C19H14Br2N2O5/c1-2-28-15-9-12(21)7-10(16(15)24)8-14-17(25)22-19(27)23(18(14)26)13-5-3-11(20)4-6-13/h3-9,24H,2H2,1H3,(H,22,25,27)/b14-8+. The van der Waals surface area contributed by atoms with Crippen LogP contribution in [0.3, 0.4) is 0 Å². The van der Waals surface area contributed by atoms with Gasteiger partial charge in [0.2, 0.25) is 0 Å². The molecule has 1 saturated heterocycles. The molecule has 7 nitrogen and oxygen atoms in total. The summed E-state index contributed by atoms with van der Waals surface area (Å²) >= 11 is 6.59. The molecule has 1 heterocycles. The maximum atomic E-state index is 12.9. The second-order valence-electron chi connectivity index (χ2n) is 5.71. The molecule has 0 unspecified atom stereocenters. The minimum Gasteiger partial charge on any atom is -0.504 e. The number of amides is 4. The molecule has 0 aliphatic carbocycles. The minimum absolute atomic E-state index is 0.196. The number of halogens is 2. The summed E-state index contributed by atoms with van der Waals surface area (Å²) in [4.78, 5) is 38.2. The van der Waals surface area contributed by atoms with Crippen molar-refractivity contribution in [2.75, 3.05) is 11.5 Å². The zero-order valence-corrected chi connectivity index (χ0v) is 17.7. The van der Waals surface area contributed by atoms with Crippen LogP contribution < -0.4 is 15.0 Å². The van der Waals surface area contributed by atoms with Crippen LogP contribution in [0.4, 0.5) is 10.5 Å². The Morgan fingerprint density at radius 1 is 1.11 bits per heavy atom. The van der Waals surface area contributed by atoms with Gasteiger partial charge in [0.1, 0.15) is 5.57 Å². The zero-order valence-electron chi connectivity index (χ0n) is 14.5. The summed E-state index contributed by atoms with van der Waals surface area (Å²) in [6.07, 6.45) is 1.22. The Morgan fingerprint density at radius 2 is 1.79 bits per heavy atom. The second-order valence-corrected chi connectivity index (χ2v) is 7.54. The quantitative estimate of drug-likeness (QED) is 0.480. The number of nitrogens with zero attached hydrogens (tertiary/aromatic N) is 1. The van der Waals surface area contributed by atoms with E-state index in [0.29, 0.717) is 16.8 Å². The number of anilines is 1. The van der Waals surface area contributed by atoms with Crippen LogP contribution in [0.25, 0.3) is 6.08 Å². The molecule has 4 amide bonds. The Bertz CT molecular complexity index is 1000. The van der Waals surface area contributed by atoms with Crippen LogP contribution in [-0.4, -0.2) is 29.6 Å². The van der Waals surface area contributed by atoms with E-state index in [1.165, 1.54) is 12.1 Å². The summed E-state index contributed by atoms with van der Waals surface area (Å²) < 4.78 is 6.72. The Morgan fingerprint density at radius 3 is 2.43 bits per heavy atom. The van der Waals surface area contributed by atoms with E-state index in [1.54, 1.807) is 37.3 Å². The number of carbonyl (C=O) groups excluding carboxylic acids is 3. The van der Waals surface area contributed by atoms with Crippen LogP contribution in [0.15, 0.2) is 50.9 Å². The number of rotatable bonds is 4. The number of imide groups is 2. The fourth-order valence-electron chi connectivity index (χ4n) is 2.61. The van der Waals surface area contributed by atoms with E-state index in [1.807, 2.05) is 0 Å². The monoisotopic (exact) mass is 508 g/mol. The van der Waals surface area contributed by atoms with Gasteiger partial charge in [0.25, 0.3) is 11.8 Å². The number of carbonyl (C=O) groups is 3. The van der Waals surface area contributed by atoms with Gasteiger partial charge in [-0.15, -0.1) is 0 Å². The number of phenols is 1. The lowest BCUT2D eigenvalue weighted by molar-refractivity contribution is -0.122. The van der Waals surface area contributed by atoms with Crippen molar-refractivity contribution in [1.82, 2.24) is 5.32 Å². The third kappa shape index (κ3) is 3.95. The highest BCUT2D eigenvalue weighted by atomic mass is 79.9. The molecule has 3 rings (SSSR count). The molecule has 0 aromatic heterocycles. The van der Waals surface area contributed by atoms with Crippen LogP contribution >= 0.6 is 31.9 Å².